The van der Waals surface area contributed by atoms with Crippen molar-refractivity contribution in [2.45, 2.75) is 20.0 Å². The Labute approximate surface area is 140 Å². The van der Waals surface area contributed by atoms with E-state index in [9.17, 15) is 18.0 Å². The SMILES string of the molecule is Cc1ccc(C(=O)C=Cc2c(C(F)(F)F)nc3sccn23)cc1C. The van der Waals surface area contributed by atoms with Gasteiger partial charge in [-0.25, -0.2) is 4.98 Å². The molecule has 0 aliphatic heterocycles. The maximum absolute atomic E-state index is 13.1. The van der Waals surface area contributed by atoms with Crippen molar-refractivity contribution in [2.75, 3.05) is 0 Å². The third kappa shape index (κ3) is 2.99. The van der Waals surface area contributed by atoms with E-state index in [-0.39, 0.29) is 16.4 Å². The average molecular weight is 350 g/mol. The molecule has 2 heterocycles. The second-order valence-corrected chi connectivity index (χ2v) is 6.27. The number of ketones is 1. The molecule has 124 valence electrons. The van der Waals surface area contributed by atoms with Crippen LogP contribution in [0, 0.1) is 13.8 Å². The lowest BCUT2D eigenvalue weighted by molar-refractivity contribution is -0.140. The first-order valence-electron chi connectivity index (χ1n) is 7.10. The number of carbonyl (C=O) groups excluding carboxylic acids is 1. The molecule has 0 bridgehead atoms. The highest BCUT2D eigenvalue weighted by Gasteiger charge is 2.37. The molecule has 0 unspecified atom stereocenters. The van der Waals surface area contributed by atoms with E-state index >= 15 is 0 Å². The highest BCUT2D eigenvalue weighted by atomic mass is 32.1. The van der Waals surface area contributed by atoms with E-state index in [1.165, 1.54) is 16.7 Å². The first-order valence-corrected chi connectivity index (χ1v) is 7.98. The quantitative estimate of drug-likeness (QED) is 0.496. The molecule has 3 aromatic rings. The van der Waals surface area contributed by atoms with Crippen molar-refractivity contribution < 1.29 is 18.0 Å². The van der Waals surface area contributed by atoms with Crippen LogP contribution in [0.3, 0.4) is 0 Å². The molecule has 0 aliphatic rings. The molecule has 0 N–H and O–H groups in total. The number of halogens is 3. The fourth-order valence-electron chi connectivity index (χ4n) is 2.32. The van der Waals surface area contributed by atoms with Crippen LogP contribution in [-0.2, 0) is 6.18 Å². The third-order valence-corrected chi connectivity index (χ3v) is 4.51. The molecule has 2 aromatic heterocycles. The summed E-state index contributed by atoms with van der Waals surface area (Å²) in [6.07, 6.45) is -0.745. The number of imidazole rings is 1. The van der Waals surface area contributed by atoms with Crippen molar-refractivity contribution in [3.63, 3.8) is 0 Å². The number of alkyl halides is 3. The van der Waals surface area contributed by atoms with E-state index in [0.717, 1.165) is 28.5 Å². The van der Waals surface area contributed by atoms with Crippen LogP contribution >= 0.6 is 11.3 Å². The van der Waals surface area contributed by atoms with Gasteiger partial charge in [-0.3, -0.25) is 9.20 Å². The van der Waals surface area contributed by atoms with E-state index in [1.54, 1.807) is 17.5 Å². The minimum Gasteiger partial charge on any atom is -0.290 e. The van der Waals surface area contributed by atoms with Gasteiger partial charge in [-0.05, 0) is 43.2 Å². The third-order valence-electron chi connectivity index (χ3n) is 3.75. The molecule has 7 heteroatoms. The van der Waals surface area contributed by atoms with E-state index in [1.807, 2.05) is 19.9 Å². The first kappa shape index (κ1) is 16.4. The topological polar surface area (TPSA) is 34.4 Å². The van der Waals surface area contributed by atoms with Gasteiger partial charge in [-0.2, -0.15) is 13.2 Å². The Morgan fingerprint density at radius 2 is 2.00 bits per heavy atom. The summed E-state index contributed by atoms with van der Waals surface area (Å²) in [4.78, 5) is 16.1. The van der Waals surface area contributed by atoms with Gasteiger partial charge in [-0.1, -0.05) is 12.1 Å². The van der Waals surface area contributed by atoms with Crippen LogP contribution in [-0.4, -0.2) is 15.2 Å². The van der Waals surface area contributed by atoms with Gasteiger partial charge >= 0.3 is 6.18 Å². The molecule has 3 rings (SSSR count). The molecule has 0 aliphatic carbocycles. The average Bonchev–Trinajstić information content (AvgIpc) is 3.08. The maximum atomic E-state index is 13.1. The molecule has 0 fully saturated rings. The lowest BCUT2D eigenvalue weighted by atomic mass is 10.0. The number of benzene rings is 1. The van der Waals surface area contributed by atoms with E-state index in [2.05, 4.69) is 4.98 Å². The van der Waals surface area contributed by atoms with Gasteiger partial charge < -0.3 is 0 Å². The molecule has 1 aromatic carbocycles. The van der Waals surface area contributed by atoms with Gasteiger partial charge in [0.2, 0.25) is 0 Å². The van der Waals surface area contributed by atoms with Crippen LogP contribution in [0.5, 0.6) is 0 Å². The monoisotopic (exact) mass is 350 g/mol. The lowest BCUT2D eigenvalue weighted by Crippen LogP contribution is -2.08. The van der Waals surface area contributed by atoms with Crippen molar-refractivity contribution in [2.24, 2.45) is 0 Å². The van der Waals surface area contributed by atoms with Crippen LogP contribution in [0.15, 0.2) is 35.9 Å². The predicted octanol–water partition coefficient (Wildman–Crippen LogP) is 4.93. The fourth-order valence-corrected chi connectivity index (χ4v) is 3.04. The number of carbonyl (C=O) groups is 1. The predicted molar refractivity (Wildman–Crippen MR) is 87.4 cm³/mol. The second kappa shape index (κ2) is 5.90. The molecular formula is C17H13F3N2OS. The molecule has 0 saturated carbocycles. The molecule has 0 radical (unpaired) electrons. The van der Waals surface area contributed by atoms with Gasteiger partial charge in [0, 0.05) is 17.1 Å². The van der Waals surface area contributed by atoms with Crippen LogP contribution in [0.1, 0.15) is 32.9 Å². The Hall–Kier alpha value is -2.41. The number of hydrogen-bond acceptors (Lipinski definition) is 3. The highest BCUT2D eigenvalue weighted by Crippen LogP contribution is 2.33. The van der Waals surface area contributed by atoms with Crippen molar-refractivity contribution in [1.82, 2.24) is 9.38 Å². The van der Waals surface area contributed by atoms with Gasteiger partial charge in [0.25, 0.3) is 0 Å². The van der Waals surface area contributed by atoms with Gasteiger partial charge in [0.1, 0.15) is 0 Å². The van der Waals surface area contributed by atoms with Gasteiger partial charge in [0.05, 0.1) is 5.69 Å². The Balaban J connectivity index is 1.99. The number of aryl methyl sites for hydroxylation is 2. The Morgan fingerprint density at radius 1 is 1.25 bits per heavy atom. The Kier molecular flexibility index (Phi) is 4.04. The van der Waals surface area contributed by atoms with Gasteiger partial charge in [-0.15, -0.1) is 11.3 Å². The van der Waals surface area contributed by atoms with Crippen molar-refractivity contribution in [3.05, 3.63) is 63.9 Å². The van der Waals surface area contributed by atoms with Crippen LogP contribution < -0.4 is 0 Å². The summed E-state index contributed by atoms with van der Waals surface area (Å²) in [6, 6.07) is 5.20. The summed E-state index contributed by atoms with van der Waals surface area (Å²) >= 11 is 1.11. The van der Waals surface area contributed by atoms with Crippen LogP contribution in [0.2, 0.25) is 0 Å². The largest absolute Gasteiger partial charge is 0.435 e. The molecule has 0 atom stereocenters. The van der Waals surface area contributed by atoms with Crippen LogP contribution in [0.4, 0.5) is 13.2 Å². The van der Waals surface area contributed by atoms with E-state index < -0.39 is 11.9 Å². The minimum atomic E-state index is -4.57. The van der Waals surface area contributed by atoms with Crippen molar-refractivity contribution >= 4 is 28.2 Å². The zero-order valence-electron chi connectivity index (χ0n) is 12.9. The number of fused-ring (bicyclic) bond motifs is 1. The summed E-state index contributed by atoms with van der Waals surface area (Å²) in [5, 5.41) is 1.64. The summed E-state index contributed by atoms with van der Waals surface area (Å²) in [6.45, 7) is 3.80. The number of thiazole rings is 1. The van der Waals surface area contributed by atoms with Gasteiger partial charge in [0.15, 0.2) is 16.4 Å². The summed E-state index contributed by atoms with van der Waals surface area (Å²) in [5.74, 6) is -0.351. The smallest absolute Gasteiger partial charge is 0.290 e. The molecular weight excluding hydrogens is 337 g/mol. The van der Waals surface area contributed by atoms with Crippen molar-refractivity contribution in [3.8, 4) is 0 Å². The second-order valence-electron chi connectivity index (χ2n) is 5.40. The normalized spacial score (nSPS) is 12.4. The lowest BCUT2D eigenvalue weighted by Gasteiger charge is -2.04. The van der Waals surface area contributed by atoms with E-state index in [4.69, 9.17) is 0 Å². The fraction of sp³-hybridized carbons (Fsp3) is 0.176. The highest BCUT2D eigenvalue weighted by molar-refractivity contribution is 7.15. The Morgan fingerprint density at radius 3 is 2.67 bits per heavy atom. The van der Waals surface area contributed by atoms with Crippen LogP contribution in [0.25, 0.3) is 11.0 Å². The summed E-state index contributed by atoms with van der Waals surface area (Å²) in [7, 11) is 0. The number of rotatable bonds is 3. The minimum absolute atomic E-state index is 0.143. The standard InChI is InChI=1S/C17H13F3N2OS/c1-10-3-4-12(9-11(10)2)14(23)6-5-13-15(17(18,19)20)21-16-22(13)7-8-24-16/h3-9H,1-2H3. The molecule has 0 amide bonds. The maximum Gasteiger partial charge on any atom is 0.435 e. The summed E-state index contributed by atoms with van der Waals surface area (Å²) in [5.41, 5.74) is 1.31. The first-order chi connectivity index (χ1) is 11.3. The number of allylic oxidation sites excluding steroid dienone is 1. The Bertz CT molecular complexity index is 951. The summed E-state index contributed by atoms with van der Waals surface area (Å²) < 4.78 is 40.7. The molecule has 24 heavy (non-hydrogen) atoms. The number of aromatic nitrogens is 2. The molecule has 3 nitrogen and oxygen atoms in total. The molecule has 0 saturated heterocycles. The zero-order chi connectivity index (χ0) is 17.5. The molecule has 0 spiro atoms. The van der Waals surface area contributed by atoms with Crippen molar-refractivity contribution in [1.29, 1.82) is 0 Å². The zero-order valence-corrected chi connectivity index (χ0v) is 13.7. The number of nitrogens with zero attached hydrogens (tertiary/aromatic N) is 2. The number of hydrogen-bond donors (Lipinski definition) is 0. The van der Waals surface area contributed by atoms with E-state index in [0.29, 0.717) is 5.56 Å².